The molecule has 94 valence electrons. The topological polar surface area (TPSA) is 87.3 Å². The molecule has 1 aromatic carbocycles. The summed E-state index contributed by atoms with van der Waals surface area (Å²) in [5.74, 6) is 0.525. The first kappa shape index (κ1) is 11.1. The fourth-order valence-electron chi connectivity index (χ4n) is 2.05. The summed E-state index contributed by atoms with van der Waals surface area (Å²) in [6.45, 7) is 0.656. The van der Waals surface area contributed by atoms with Gasteiger partial charge in [0.1, 0.15) is 0 Å². The van der Waals surface area contributed by atoms with E-state index in [4.69, 9.17) is 0 Å². The van der Waals surface area contributed by atoms with Crippen LogP contribution >= 0.6 is 0 Å². The van der Waals surface area contributed by atoms with Crippen LogP contribution in [0.4, 0.5) is 5.95 Å². The summed E-state index contributed by atoms with van der Waals surface area (Å²) in [5, 5.41) is 30.6. The third kappa shape index (κ3) is 1.83. The minimum Gasteiger partial charge on any atom is -0.388 e. The maximum Gasteiger partial charge on any atom is 0.250 e. The molecule has 7 heteroatoms. The van der Waals surface area contributed by atoms with E-state index in [9.17, 15) is 10.2 Å². The largest absolute Gasteiger partial charge is 0.388 e. The molecule has 0 aliphatic carbocycles. The average Bonchev–Trinajstić information content (AvgIpc) is 2.98. The Morgan fingerprint density at radius 1 is 1.06 bits per heavy atom. The average molecular weight is 247 g/mol. The quantitative estimate of drug-likeness (QED) is 0.722. The molecule has 18 heavy (non-hydrogen) atoms. The van der Waals surface area contributed by atoms with E-state index in [2.05, 4.69) is 15.5 Å². The van der Waals surface area contributed by atoms with Crippen LogP contribution in [0.3, 0.4) is 0 Å². The van der Waals surface area contributed by atoms with E-state index in [1.165, 1.54) is 0 Å². The molecule has 2 heterocycles. The predicted molar refractivity (Wildman–Crippen MR) is 63.4 cm³/mol. The van der Waals surface area contributed by atoms with Gasteiger partial charge in [0.15, 0.2) is 0 Å². The molecule has 1 fully saturated rings. The first-order chi connectivity index (χ1) is 8.75. The third-order valence-corrected chi connectivity index (χ3v) is 3.00. The molecule has 0 bridgehead atoms. The van der Waals surface area contributed by atoms with Crippen molar-refractivity contribution in [3.05, 3.63) is 30.3 Å². The van der Waals surface area contributed by atoms with Crippen LogP contribution in [0.25, 0.3) is 5.69 Å². The number of benzene rings is 1. The van der Waals surface area contributed by atoms with Crippen LogP contribution in [0.15, 0.2) is 30.3 Å². The van der Waals surface area contributed by atoms with Gasteiger partial charge in [0.2, 0.25) is 0 Å². The van der Waals surface area contributed by atoms with Gasteiger partial charge in [-0.15, -0.1) is 0 Å². The molecule has 1 aliphatic heterocycles. The van der Waals surface area contributed by atoms with Gasteiger partial charge >= 0.3 is 0 Å². The second-order valence-corrected chi connectivity index (χ2v) is 4.27. The van der Waals surface area contributed by atoms with Crippen molar-refractivity contribution >= 4 is 5.95 Å². The number of aromatic nitrogens is 4. The highest BCUT2D eigenvalue weighted by molar-refractivity contribution is 5.41. The van der Waals surface area contributed by atoms with Crippen LogP contribution in [0, 0.1) is 0 Å². The summed E-state index contributed by atoms with van der Waals surface area (Å²) in [5.41, 5.74) is 0.841. The molecule has 3 rings (SSSR count). The van der Waals surface area contributed by atoms with Gasteiger partial charge in [-0.3, -0.25) is 0 Å². The van der Waals surface area contributed by atoms with Crippen molar-refractivity contribution in [2.24, 2.45) is 0 Å². The number of hydrogen-bond donors (Lipinski definition) is 2. The van der Waals surface area contributed by atoms with Crippen molar-refractivity contribution in [1.82, 2.24) is 20.2 Å². The number of para-hydroxylation sites is 1. The summed E-state index contributed by atoms with van der Waals surface area (Å²) in [6.07, 6.45) is -1.52. The van der Waals surface area contributed by atoms with Gasteiger partial charge in [0, 0.05) is 13.1 Å². The van der Waals surface area contributed by atoms with Crippen molar-refractivity contribution in [3.63, 3.8) is 0 Å². The van der Waals surface area contributed by atoms with E-state index in [0.717, 1.165) is 5.69 Å². The molecule has 7 nitrogen and oxygen atoms in total. The predicted octanol–water partition coefficient (Wildman–Crippen LogP) is -0.796. The normalized spacial score (nSPS) is 23.6. The van der Waals surface area contributed by atoms with Crippen LogP contribution < -0.4 is 4.90 Å². The van der Waals surface area contributed by atoms with E-state index in [0.29, 0.717) is 19.0 Å². The molecule has 1 aliphatic rings. The van der Waals surface area contributed by atoms with E-state index in [1.807, 2.05) is 30.3 Å². The molecular formula is C11H13N5O2. The Kier molecular flexibility index (Phi) is 2.69. The van der Waals surface area contributed by atoms with Gasteiger partial charge in [-0.05, 0) is 22.6 Å². The number of aliphatic hydroxyl groups excluding tert-OH is 2. The number of rotatable bonds is 2. The molecular weight excluding hydrogens is 234 g/mol. The van der Waals surface area contributed by atoms with Crippen molar-refractivity contribution in [2.45, 2.75) is 12.2 Å². The number of anilines is 1. The Hall–Kier alpha value is -1.99. The monoisotopic (exact) mass is 247 g/mol. The highest BCUT2D eigenvalue weighted by Crippen LogP contribution is 2.20. The van der Waals surface area contributed by atoms with Gasteiger partial charge < -0.3 is 15.1 Å². The summed E-state index contributed by atoms with van der Waals surface area (Å²) in [6, 6.07) is 9.49. The fourth-order valence-corrected chi connectivity index (χ4v) is 2.05. The maximum atomic E-state index is 9.56. The second kappa shape index (κ2) is 4.35. The number of tetrazole rings is 1. The van der Waals surface area contributed by atoms with Crippen LogP contribution in [-0.4, -0.2) is 55.7 Å². The van der Waals surface area contributed by atoms with Crippen LogP contribution in [0.1, 0.15) is 0 Å². The second-order valence-electron chi connectivity index (χ2n) is 4.27. The summed E-state index contributed by atoms with van der Waals surface area (Å²) < 4.78 is 1.59. The lowest BCUT2D eigenvalue weighted by Crippen LogP contribution is -2.24. The zero-order valence-electron chi connectivity index (χ0n) is 9.59. The molecule has 0 radical (unpaired) electrons. The smallest absolute Gasteiger partial charge is 0.250 e. The lowest BCUT2D eigenvalue weighted by molar-refractivity contribution is 0.0572. The number of aliphatic hydroxyl groups is 2. The first-order valence-corrected chi connectivity index (χ1v) is 5.70. The Labute approximate surface area is 103 Å². The van der Waals surface area contributed by atoms with Crippen LogP contribution in [-0.2, 0) is 0 Å². The zero-order chi connectivity index (χ0) is 12.5. The number of hydrogen-bond acceptors (Lipinski definition) is 6. The fraction of sp³-hybridized carbons (Fsp3) is 0.364. The SMILES string of the molecule is OC1CN(c2nnnn2-c2ccccc2)CC1O. The van der Waals surface area contributed by atoms with Crippen molar-refractivity contribution in [1.29, 1.82) is 0 Å². The van der Waals surface area contributed by atoms with Gasteiger partial charge in [-0.2, -0.15) is 4.68 Å². The minimum atomic E-state index is -0.758. The lowest BCUT2D eigenvalue weighted by atomic mass is 10.3. The van der Waals surface area contributed by atoms with E-state index in [1.54, 1.807) is 9.58 Å². The molecule has 2 atom stereocenters. The van der Waals surface area contributed by atoms with E-state index < -0.39 is 12.2 Å². The third-order valence-electron chi connectivity index (χ3n) is 3.00. The highest BCUT2D eigenvalue weighted by atomic mass is 16.3. The van der Waals surface area contributed by atoms with Crippen molar-refractivity contribution < 1.29 is 10.2 Å². The van der Waals surface area contributed by atoms with E-state index >= 15 is 0 Å². The molecule has 0 saturated carbocycles. The summed E-state index contributed by atoms with van der Waals surface area (Å²) in [4.78, 5) is 1.77. The van der Waals surface area contributed by atoms with Gasteiger partial charge in [-0.25, -0.2) is 0 Å². The molecule has 0 spiro atoms. The molecule has 0 amide bonds. The first-order valence-electron chi connectivity index (χ1n) is 5.70. The molecule has 1 aromatic heterocycles. The van der Waals surface area contributed by atoms with Gasteiger partial charge in [0.05, 0.1) is 17.9 Å². The number of nitrogens with zero attached hydrogens (tertiary/aromatic N) is 5. The van der Waals surface area contributed by atoms with Gasteiger partial charge in [0.25, 0.3) is 5.95 Å². The Balaban J connectivity index is 1.93. The zero-order valence-corrected chi connectivity index (χ0v) is 9.59. The Morgan fingerprint density at radius 3 is 2.39 bits per heavy atom. The summed E-state index contributed by atoms with van der Waals surface area (Å²) >= 11 is 0. The highest BCUT2D eigenvalue weighted by Gasteiger charge is 2.32. The molecule has 2 N–H and O–H groups in total. The lowest BCUT2D eigenvalue weighted by Gasteiger charge is -2.15. The molecule has 2 aromatic rings. The molecule has 2 unspecified atom stereocenters. The van der Waals surface area contributed by atoms with Crippen LogP contribution in [0.2, 0.25) is 0 Å². The minimum absolute atomic E-state index is 0.328. The van der Waals surface area contributed by atoms with Crippen molar-refractivity contribution in [2.75, 3.05) is 18.0 Å². The molecule has 1 saturated heterocycles. The standard InChI is InChI=1S/C11H13N5O2/c17-9-6-15(7-10(9)18)11-12-13-14-16(11)8-4-2-1-3-5-8/h1-5,9-10,17-18H,6-7H2. The maximum absolute atomic E-state index is 9.56. The summed E-state index contributed by atoms with van der Waals surface area (Å²) in [7, 11) is 0. The van der Waals surface area contributed by atoms with E-state index in [-0.39, 0.29) is 0 Å². The Morgan fingerprint density at radius 2 is 1.72 bits per heavy atom. The Bertz CT molecular complexity index is 519. The van der Waals surface area contributed by atoms with Gasteiger partial charge in [-0.1, -0.05) is 23.3 Å². The number of β-amino-alcohol motifs (C(OH)–C–C–N with tert-alkyl or cyclic N) is 2. The van der Waals surface area contributed by atoms with Crippen molar-refractivity contribution in [3.8, 4) is 5.69 Å². The van der Waals surface area contributed by atoms with Crippen LogP contribution in [0.5, 0.6) is 0 Å².